The average molecular weight is 345 g/mol. The first-order valence-corrected chi connectivity index (χ1v) is 10.6. The van der Waals surface area contributed by atoms with E-state index in [9.17, 15) is 13.3 Å². The van der Waals surface area contributed by atoms with Gasteiger partial charge in [-0.15, -0.1) is 4.40 Å². The Labute approximate surface area is 124 Å². The van der Waals surface area contributed by atoms with E-state index in [1.165, 1.54) is 5.06 Å². The Hall–Kier alpha value is -0.250. The Morgan fingerprint density at radius 1 is 1.45 bits per heavy atom. The van der Waals surface area contributed by atoms with Crippen LogP contribution in [0.3, 0.4) is 0 Å². The van der Waals surface area contributed by atoms with Gasteiger partial charge in [-0.25, -0.2) is 13.5 Å². The molecule has 1 fully saturated rings. The number of hydrogen-bond donors (Lipinski definition) is 1. The molecule has 1 saturated heterocycles. The molecule has 0 aromatic heterocycles. The SMILES string of the molecule is CCCN1CCN(OP(O)(=S)OCC)/C1=N\S(C)(=O)=O. The maximum atomic E-state index is 11.4. The zero-order valence-electron chi connectivity index (χ0n) is 11.7. The van der Waals surface area contributed by atoms with Crippen molar-refractivity contribution in [3.8, 4) is 0 Å². The smallest absolute Gasteiger partial charge is 0.338 e. The summed E-state index contributed by atoms with van der Waals surface area (Å²) >= 11 is 4.83. The van der Waals surface area contributed by atoms with Gasteiger partial charge in [-0.3, -0.25) is 0 Å². The summed E-state index contributed by atoms with van der Waals surface area (Å²) < 4.78 is 36.6. The summed E-state index contributed by atoms with van der Waals surface area (Å²) in [6, 6.07) is 0. The van der Waals surface area contributed by atoms with E-state index in [4.69, 9.17) is 21.0 Å². The number of rotatable bonds is 7. The maximum absolute atomic E-state index is 11.4. The van der Waals surface area contributed by atoms with Gasteiger partial charge >= 0.3 is 6.72 Å². The predicted molar refractivity (Wildman–Crippen MR) is 80.1 cm³/mol. The van der Waals surface area contributed by atoms with Crippen LogP contribution in [0, 0.1) is 0 Å². The number of hydrogen-bond acceptors (Lipinski definition) is 5. The molecule has 0 saturated carbocycles. The fourth-order valence-corrected chi connectivity index (χ4v) is 3.53. The lowest BCUT2D eigenvalue weighted by Crippen LogP contribution is -2.34. The van der Waals surface area contributed by atoms with Crippen LogP contribution in [-0.4, -0.2) is 61.7 Å². The van der Waals surface area contributed by atoms with Gasteiger partial charge in [0, 0.05) is 13.1 Å². The van der Waals surface area contributed by atoms with Gasteiger partial charge in [0.25, 0.3) is 10.0 Å². The predicted octanol–water partition coefficient (Wildman–Crippen LogP) is 0.515. The van der Waals surface area contributed by atoms with Crippen molar-refractivity contribution in [1.29, 1.82) is 0 Å². The summed E-state index contributed by atoms with van der Waals surface area (Å²) in [5.74, 6) is 0.136. The van der Waals surface area contributed by atoms with Crippen LogP contribution in [0.4, 0.5) is 0 Å². The molecule has 1 aliphatic heterocycles. The van der Waals surface area contributed by atoms with E-state index in [0.29, 0.717) is 19.6 Å². The standard InChI is InChI=1S/C9H20N3O5PS2/c1-4-6-11-7-8-12(9(11)10-20(3,14)15)17-18(13,19)16-5-2/h4-8H2,1-3H3,(H,13,19)/b10-9-. The van der Waals surface area contributed by atoms with Crippen LogP contribution in [0.2, 0.25) is 0 Å². The summed E-state index contributed by atoms with van der Waals surface area (Å²) in [6.45, 7) is 1.97. The average Bonchev–Trinajstić information content (AvgIpc) is 2.60. The van der Waals surface area contributed by atoms with Gasteiger partial charge < -0.3 is 14.3 Å². The third-order valence-electron chi connectivity index (χ3n) is 2.31. The molecule has 1 rings (SSSR count). The molecule has 0 aromatic rings. The van der Waals surface area contributed by atoms with Crippen LogP contribution in [0.15, 0.2) is 4.40 Å². The largest absolute Gasteiger partial charge is 0.346 e. The highest BCUT2D eigenvalue weighted by atomic mass is 32.5. The van der Waals surface area contributed by atoms with Gasteiger partial charge in [0.1, 0.15) is 0 Å². The van der Waals surface area contributed by atoms with E-state index in [0.717, 1.165) is 12.7 Å². The quantitative estimate of drug-likeness (QED) is 0.668. The van der Waals surface area contributed by atoms with E-state index >= 15 is 0 Å². The lowest BCUT2D eigenvalue weighted by molar-refractivity contribution is 0.00752. The molecule has 0 spiro atoms. The monoisotopic (exact) mass is 345 g/mol. The van der Waals surface area contributed by atoms with E-state index in [-0.39, 0.29) is 12.6 Å². The highest BCUT2D eigenvalue weighted by Crippen LogP contribution is 2.45. The molecule has 8 nitrogen and oxygen atoms in total. The third-order valence-corrected chi connectivity index (χ3v) is 4.31. The Bertz CT molecular complexity index is 510. The van der Waals surface area contributed by atoms with Gasteiger partial charge in [0.2, 0.25) is 5.96 Å². The summed E-state index contributed by atoms with van der Waals surface area (Å²) in [6.07, 6.45) is 1.83. The lowest BCUT2D eigenvalue weighted by atomic mass is 10.4. The van der Waals surface area contributed by atoms with Gasteiger partial charge in [-0.05, 0) is 25.2 Å². The van der Waals surface area contributed by atoms with E-state index < -0.39 is 16.7 Å². The Morgan fingerprint density at radius 3 is 2.60 bits per heavy atom. The molecule has 11 heteroatoms. The fourth-order valence-electron chi connectivity index (χ4n) is 1.69. The molecule has 118 valence electrons. The molecular formula is C9H20N3O5PS2. The van der Waals surface area contributed by atoms with Crippen LogP contribution < -0.4 is 0 Å². The summed E-state index contributed by atoms with van der Waals surface area (Å²) in [4.78, 5) is 11.6. The van der Waals surface area contributed by atoms with Crippen LogP contribution in [-0.2, 0) is 31.0 Å². The van der Waals surface area contributed by atoms with Crippen molar-refractivity contribution in [2.45, 2.75) is 20.3 Å². The highest BCUT2D eigenvalue weighted by Gasteiger charge is 2.32. The Morgan fingerprint density at radius 2 is 2.10 bits per heavy atom. The third kappa shape index (κ3) is 5.63. The van der Waals surface area contributed by atoms with Crippen LogP contribution >= 0.6 is 6.72 Å². The van der Waals surface area contributed by atoms with Crippen molar-refractivity contribution in [2.24, 2.45) is 4.40 Å². The maximum Gasteiger partial charge on any atom is 0.346 e. The summed E-state index contributed by atoms with van der Waals surface area (Å²) in [5, 5.41) is 1.20. The fraction of sp³-hybridized carbons (Fsp3) is 0.889. The number of hydroxylamine groups is 2. The molecule has 0 aromatic carbocycles. The molecular weight excluding hydrogens is 325 g/mol. The molecule has 0 bridgehead atoms. The molecule has 1 heterocycles. The summed E-state index contributed by atoms with van der Waals surface area (Å²) in [5.41, 5.74) is 0. The second-order valence-corrected chi connectivity index (χ2v) is 8.57. The van der Waals surface area contributed by atoms with E-state index in [1.807, 2.05) is 6.92 Å². The van der Waals surface area contributed by atoms with Gasteiger partial charge in [-0.1, -0.05) is 6.92 Å². The van der Waals surface area contributed by atoms with Crippen molar-refractivity contribution >= 4 is 34.5 Å². The van der Waals surface area contributed by atoms with Gasteiger partial charge in [0.05, 0.1) is 19.4 Å². The first-order chi connectivity index (χ1) is 9.18. The first kappa shape index (κ1) is 17.8. The van der Waals surface area contributed by atoms with E-state index in [2.05, 4.69) is 4.40 Å². The zero-order chi connectivity index (χ0) is 15.4. The molecule has 1 unspecified atom stereocenters. The number of nitrogens with zero attached hydrogens (tertiary/aromatic N) is 3. The lowest BCUT2D eigenvalue weighted by Gasteiger charge is -2.24. The zero-order valence-corrected chi connectivity index (χ0v) is 14.2. The summed E-state index contributed by atoms with van der Waals surface area (Å²) in [7, 11) is -3.58. The van der Waals surface area contributed by atoms with Crippen molar-refractivity contribution in [3.63, 3.8) is 0 Å². The van der Waals surface area contributed by atoms with Gasteiger partial charge in [0.15, 0.2) is 0 Å². The molecule has 1 aliphatic rings. The minimum atomic E-state index is -3.58. The molecule has 1 N–H and O–H groups in total. The van der Waals surface area contributed by atoms with Crippen molar-refractivity contribution in [2.75, 3.05) is 32.5 Å². The first-order valence-electron chi connectivity index (χ1n) is 6.18. The second kappa shape index (κ2) is 7.15. The van der Waals surface area contributed by atoms with Crippen molar-refractivity contribution in [3.05, 3.63) is 0 Å². The van der Waals surface area contributed by atoms with Gasteiger partial charge in [-0.2, -0.15) is 4.62 Å². The minimum Gasteiger partial charge on any atom is -0.338 e. The van der Waals surface area contributed by atoms with Crippen LogP contribution in [0.25, 0.3) is 0 Å². The molecule has 0 amide bonds. The normalized spacial score (nSPS) is 21.5. The minimum absolute atomic E-state index is 0.136. The topological polar surface area (TPSA) is 91.7 Å². The molecule has 1 atom stereocenters. The molecule has 20 heavy (non-hydrogen) atoms. The Kier molecular flexibility index (Phi) is 6.36. The van der Waals surface area contributed by atoms with Crippen molar-refractivity contribution < 1.29 is 22.5 Å². The second-order valence-electron chi connectivity index (χ2n) is 4.18. The van der Waals surface area contributed by atoms with Crippen molar-refractivity contribution in [1.82, 2.24) is 9.96 Å². The number of guanidine groups is 1. The van der Waals surface area contributed by atoms with E-state index in [1.54, 1.807) is 11.8 Å². The molecule has 0 aliphatic carbocycles. The number of sulfonamides is 1. The highest BCUT2D eigenvalue weighted by molar-refractivity contribution is 8.07. The van der Waals surface area contributed by atoms with Crippen LogP contribution in [0.5, 0.6) is 0 Å². The van der Waals surface area contributed by atoms with Crippen LogP contribution in [0.1, 0.15) is 20.3 Å². The molecule has 0 radical (unpaired) electrons. The Balaban J connectivity index is 2.95.